The van der Waals surface area contributed by atoms with Crippen LogP contribution in [-0.2, 0) is 0 Å². The molecule has 1 aromatic carbocycles. The monoisotopic (exact) mass is 323 g/mol. The molecule has 0 aliphatic rings. The van der Waals surface area contributed by atoms with Crippen molar-refractivity contribution in [2.75, 3.05) is 5.32 Å². The van der Waals surface area contributed by atoms with Gasteiger partial charge in [0.25, 0.3) is 5.91 Å². The second kappa shape index (κ2) is 5.24. The number of carbonyl (C=O) groups excluding carboxylic acids is 1. The van der Waals surface area contributed by atoms with Crippen molar-refractivity contribution in [3.63, 3.8) is 0 Å². The maximum atomic E-state index is 12.1. The number of hydrogen-bond acceptors (Lipinski definition) is 2. The third-order valence-corrected chi connectivity index (χ3v) is 4.70. The van der Waals surface area contributed by atoms with Crippen molar-refractivity contribution < 1.29 is 4.79 Å². The Bertz CT molecular complexity index is 564. The maximum absolute atomic E-state index is 12.1. The molecule has 2 rings (SSSR count). The van der Waals surface area contributed by atoms with Crippen molar-refractivity contribution >= 4 is 38.9 Å². The SMILES string of the molecule is Cc1cc(C)cc(NC(=O)c2cc(C)c(Br)s2)c1. The summed E-state index contributed by atoms with van der Waals surface area (Å²) in [5.74, 6) is -0.0567. The Morgan fingerprint density at radius 2 is 1.72 bits per heavy atom. The average molecular weight is 324 g/mol. The molecule has 0 unspecified atom stereocenters. The quantitative estimate of drug-likeness (QED) is 0.853. The lowest BCUT2D eigenvalue weighted by molar-refractivity contribution is 0.103. The summed E-state index contributed by atoms with van der Waals surface area (Å²) in [4.78, 5) is 12.8. The Morgan fingerprint density at radius 3 is 2.22 bits per heavy atom. The number of rotatable bonds is 2. The van der Waals surface area contributed by atoms with Crippen molar-refractivity contribution in [2.24, 2.45) is 0 Å². The molecule has 0 radical (unpaired) electrons. The topological polar surface area (TPSA) is 29.1 Å². The molecule has 1 N–H and O–H groups in total. The first-order valence-electron chi connectivity index (χ1n) is 5.61. The molecule has 1 heterocycles. The highest BCUT2D eigenvalue weighted by atomic mass is 79.9. The van der Waals surface area contributed by atoms with Gasteiger partial charge >= 0.3 is 0 Å². The summed E-state index contributed by atoms with van der Waals surface area (Å²) >= 11 is 4.89. The lowest BCUT2D eigenvalue weighted by Gasteiger charge is -2.06. The van der Waals surface area contributed by atoms with Crippen LogP contribution in [0, 0.1) is 20.8 Å². The molecule has 0 aliphatic carbocycles. The van der Waals surface area contributed by atoms with Crippen molar-refractivity contribution in [2.45, 2.75) is 20.8 Å². The van der Waals surface area contributed by atoms with Crippen molar-refractivity contribution in [1.82, 2.24) is 0 Å². The third kappa shape index (κ3) is 3.00. The van der Waals surface area contributed by atoms with Crippen LogP contribution in [0.15, 0.2) is 28.1 Å². The predicted octanol–water partition coefficient (Wildman–Crippen LogP) is 4.69. The Balaban J connectivity index is 2.21. The van der Waals surface area contributed by atoms with Gasteiger partial charge in [0.2, 0.25) is 0 Å². The van der Waals surface area contributed by atoms with Crippen LogP contribution in [0.3, 0.4) is 0 Å². The maximum Gasteiger partial charge on any atom is 0.265 e. The van der Waals surface area contributed by atoms with Gasteiger partial charge in [0.1, 0.15) is 0 Å². The van der Waals surface area contributed by atoms with E-state index in [0.29, 0.717) is 0 Å². The minimum absolute atomic E-state index is 0.0567. The van der Waals surface area contributed by atoms with Gasteiger partial charge in [-0.15, -0.1) is 11.3 Å². The fourth-order valence-corrected chi connectivity index (χ4v) is 3.24. The summed E-state index contributed by atoms with van der Waals surface area (Å²) in [7, 11) is 0. The summed E-state index contributed by atoms with van der Waals surface area (Å²) in [6.45, 7) is 6.03. The van der Waals surface area contributed by atoms with Crippen LogP contribution in [0.1, 0.15) is 26.4 Å². The van der Waals surface area contributed by atoms with Crippen molar-refractivity contribution in [1.29, 1.82) is 0 Å². The third-order valence-electron chi connectivity index (χ3n) is 2.56. The normalized spacial score (nSPS) is 10.4. The Morgan fingerprint density at radius 1 is 1.11 bits per heavy atom. The van der Waals surface area contributed by atoms with E-state index in [1.165, 1.54) is 11.3 Å². The van der Waals surface area contributed by atoms with Gasteiger partial charge < -0.3 is 5.32 Å². The van der Waals surface area contributed by atoms with Crippen LogP contribution >= 0.6 is 27.3 Å². The van der Waals surface area contributed by atoms with Gasteiger partial charge in [0, 0.05) is 5.69 Å². The molecule has 1 amide bonds. The molecule has 4 heteroatoms. The lowest BCUT2D eigenvalue weighted by Crippen LogP contribution is -2.10. The van der Waals surface area contributed by atoms with E-state index in [1.54, 1.807) is 0 Å². The zero-order chi connectivity index (χ0) is 13.3. The molecular weight excluding hydrogens is 310 g/mol. The van der Waals surface area contributed by atoms with Gasteiger partial charge in [-0.2, -0.15) is 0 Å². The molecule has 2 nitrogen and oxygen atoms in total. The van der Waals surface area contributed by atoms with E-state index in [2.05, 4.69) is 27.3 Å². The Hall–Kier alpha value is -1.13. The fraction of sp³-hybridized carbons (Fsp3) is 0.214. The van der Waals surface area contributed by atoms with E-state index in [-0.39, 0.29) is 5.91 Å². The molecule has 0 atom stereocenters. The fourth-order valence-electron chi connectivity index (χ4n) is 1.81. The number of carbonyl (C=O) groups is 1. The highest BCUT2D eigenvalue weighted by molar-refractivity contribution is 9.11. The van der Waals surface area contributed by atoms with E-state index in [1.807, 2.05) is 39.0 Å². The van der Waals surface area contributed by atoms with Crippen molar-refractivity contribution in [3.05, 3.63) is 49.6 Å². The molecule has 0 saturated carbocycles. The smallest absolute Gasteiger partial charge is 0.265 e. The lowest BCUT2D eigenvalue weighted by atomic mass is 10.1. The Labute approximate surface area is 119 Å². The molecule has 0 saturated heterocycles. The van der Waals surface area contributed by atoms with E-state index >= 15 is 0 Å². The largest absolute Gasteiger partial charge is 0.321 e. The molecule has 2 aromatic rings. The molecular formula is C14H14BrNOS. The highest BCUT2D eigenvalue weighted by Gasteiger charge is 2.11. The van der Waals surface area contributed by atoms with Gasteiger partial charge in [0.05, 0.1) is 8.66 Å². The average Bonchev–Trinajstić information content (AvgIpc) is 2.57. The van der Waals surface area contributed by atoms with Gasteiger partial charge in [-0.25, -0.2) is 0 Å². The minimum atomic E-state index is -0.0567. The highest BCUT2D eigenvalue weighted by Crippen LogP contribution is 2.28. The number of halogens is 1. The van der Waals surface area contributed by atoms with E-state index in [4.69, 9.17) is 0 Å². The molecule has 0 spiro atoms. The minimum Gasteiger partial charge on any atom is -0.321 e. The standard InChI is InChI=1S/C14H14BrNOS/c1-8-4-9(2)6-11(5-8)16-14(17)12-7-10(3)13(15)18-12/h4-7H,1-3H3,(H,16,17). The van der Waals surface area contributed by atoms with Gasteiger partial charge in [-0.1, -0.05) is 6.07 Å². The zero-order valence-electron chi connectivity index (χ0n) is 10.5. The number of thiophene rings is 1. The van der Waals surface area contributed by atoms with Crippen LogP contribution in [0.5, 0.6) is 0 Å². The summed E-state index contributed by atoms with van der Waals surface area (Å²) in [6.07, 6.45) is 0. The summed E-state index contributed by atoms with van der Waals surface area (Å²) in [6, 6.07) is 7.93. The number of hydrogen-bond donors (Lipinski definition) is 1. The van der Waals surface area contributed by atoms with Crippen LogP contribution in [0.4, 0.5) is 5.69 Å². The predicted molar refractivity (Wildman–Crippen MR) is 80.6 cm³/mol. The van der Waals surface area contributed by atoms with Gasteiger partial charge in [-0.3, -0.25) is 4.79 Å². The van der Waals surface area contributed by atoms with E-state index < -0.39 is 0 Å². The summed E-state index contributed by atoms with van der Waals surface area (Å²) < 4.78 is 1.01. The van der Waals surface area contributed by atoms with Crippen LogP contribution in [0.25, 0.3) is 0 Å². The number of anilines is 1. The van der Waals surface area contributed by atoms with Crippen LogP contribution in [-0.4, -0.2) is 5.91 Å². The van der Waals surface area contributed by atoms with E-state index in [9.17, 15) is 4.79 Å². The molecule has 0 aliphatic heterocycles. The molecule has 0 fully saturated rings. The molecule has 1 aromatic heterocycles. The first-order valence-corrected chi connectivity index (χ1v) is 7.22. The van der Waals surface area contributed by atoms with Gasteiger partial charge in [0.15, 0.2) is 0 Å². The number of aryl methyl sites for hydroxylation is 3. The molecule has 0 bridgehead atoms. The van der Waals surface area contributed by atoms with Gasteiger partial charge in [-0.05, 0) is 71.6 Å². The first-order chi connectivity index (χ1) is 8.45. The van der Waals surface area contributed by atoms with Crippen LogP contribution < -0.4 is 5.32 Å². The van der Waals surface area contributed by atoms with Crippen LogP contribution in [0.2, 0.25) is 0 Å². The second-order valence-corrected chi connectivity index (χ2v) is 6.77. The number of benzene rings is 1. The van der Waals surface area contributed by atoms with Crippen molar-refractivity contribution in [3.8, 4) is 0 Å². The molecule has 94 valence electrons. The summed E-state index contributed by atoms with van der Waals surface area (Å²) in [5, 5.41) is 2.93. The zero-order valence-corrected chi connectivity index (χ0v) is 12.9. The van der Waals surface area contributed by atoms with E-state index in [0.717, 1.165) is 31.0 Å². The summed E-state index contributed by atoms with van der Waals surface area (Å²) in [5.41, 5.74) is 4.23. The first kappa shape index (κ1) is 13.3. The number of nitrogens with one attached hydrogen (secondary N) is 1. The number of amides is 1. The second-order valence-electron chi connectivity index (χ2n) is 4.40. The molecule has 18 heavy (non-hydrogen) atoms. The Kier molecular flexibility index (Phi) is 3.88.